The van der Waals surface area contributed by atoms with Gasteiger partial charge in [0.1, 0.15) is 0 Å². The van der Waals surface area contributed by atoms with Crippen LogP contribution in [0.1, 0.15) is 40.0 Å². The van der Waals surface area contributed by atoms with Gasteiger partial charge in [-0.15, -0.1) is 24.0 Å². The van der Waals surface area contributed by atoms with Gasteiger partial charge in [-0.25, -0.2) is 0 Å². The summed E-state index contributed by atoms with van der Waals surface area (Å²) >= 11 is 0. The number of piperidine rings is 1. The molecule has 0 saturated carbocycles. The first-order chi connectivity index (χ1) is 10.8. The third-order valence-corrected chi connectivity index (χ3v) is 4.52. The minimum absolute atomic E-state index is 0. The standard InChI is InChI=1S/C18H39N5.HI/c1-16-8-12-23(13-9-16)11-7-10-20-17(19-4)21-14-18(2,3)15-22(5)6;/h16H,7-15H2,1-6H3,(H2,19,20,21);1H. The van der Waals surface area contributed by atoms with Gasteiger partial charge in [0, 0.05) is 26.7 Å². The molecular weight excluding hydrogens is 413 g/mol. The summed E-state index contributed by atoms with van der Waals surface area (Å²) in [6.45, 7) is 13.6. The molecule has 5 nitrogen and oxygen atoms in total. The van der Waals surface area contributed by atoms with Crippen LogP contribution in [0, 0.1) is 11.3 Å². The SMILES string of the molecule is CN=C(NCCCN1CCC(C)CC1)NCC(C)(C)CN(C)C.I. The van der Waals surface area contributed by atoms with Crippen molar-refractivity contribution in [1.82, 2.24) is 20.4 Å². The molecule has 0 radical (unpaired) electrons. The Kier molecular flexibility index (Phi) is 12.3. The van der Waals surface area contributed by atoms with Crippen molar-refractivity contribution in [2.45, 2.75) is 40.0 Å². The van der Waals surface area contributed by atoms with E-state index in [0.29, 0.717) is 0 Å². The molecular formula is C18H40IN5. The number of halogens is 1. The first-order valence-electron chi connectivity index (χ1n) is 9.14. The van der Waals surface area contributed by atoms with Crippen LogP contribution in [-0.2, 0) is 0 Å². The molecule has 144 valence electrons. The van der Waals surface area contributed by atoms with Gasteiger partial charge < -0.3 is 20.4 Å². The predicted octanol–water partition coefficient (Wildman–Crippen LogP) is 2.48. The zero-order chi connectivity index (χ0) is 17.3. The molecule has 0 aliphatic carbocycles. The van der Waals surface area contributed by atoms with Gasteiger partial charge in [-0.3, -0.25) is 4.99 Å². The van der Waals surface area contributed by atoms with E-state index in [1.807, 2.05) is 7.05 Å². The second kappa shape index (κ2) is 12.3. The molecule has 24 heavy (non-hydrogen) atoms. The van der Waals surface area contributed by atoms with Crippen LogP contribution in [0.5, 0.6) is 0 Å². The van der Waals surface area contributed by atoms with Crippen LogP contribution in [0.2, 0.25) is 0 Å². The van der Waals surface area contributed by atoms with E-state index in [4.69, 9.17) is 0 Å². The molecule has 1 aliphatic heterocycles. The Morgan fingerprint density at radius 1 is 1.21 bits per heavy atom. The van der Waals surface area contributed by atoms with E-state index in [-0.39, 0.29) is 29.4 Å². The molecule has 1 fully saturated rings. The van der Waals surface area contributed by atoms with Crippen LogP contribution in [0.15, 0.2) is 4.99 Å². The average Bonchev–Trinajstić information content (AvgIpc) is 2.47. The topological polar surface area (TPSA) is 42.9 Å². The Balaban J connectivity index is 0.00000529. The third-order valence-electron chi connectivity index (χ3n) is 4.52. The first kappa shape index (κ1) is 23.9. The smallest absolute Gasteiger partial charge is 0.190 e. The minimum Gasteiger partial charge on any atom is -0.356 e. The fraction of sp³-hybridized carbons (Fsp3) is 0.944. The molecule has 0 bridgehead atoms. The zero-order valence-electron chi connectivity index (χ0n) is 16.7. The molecule has 1 rings (SSSR count). The number of likely N-dealkylation sites (tertiary alicyclic amines) is 1. The molecule has 0 atom stereocenters. The van der Waals surface area contributed by atoms with E-state index in [1.165, 1.54) is 38.9 Å². The van der Waals surface area contributed by atoms with Gasteiger partial charge in [0.15, 0.2) is 5.96 Å². The maximum absolute atomic E-state index is 4.33. The highest BCUT2D eigenvalue weighted by atomic mass is 127. The summed E-state index contributed by atoms with van der Waals surface area (Å²) in [6, 6.07) is 0. The number of aliphatic imine (C=N–C) groups is 1. The van der Waals surface area contributed by atoms with E-state index in [1.54, 1.807) is 0 Å². The summed E-state index contributed by atoms with van der Waals surface area (Å²) < 4.78 is 0. The van der Waals surface area contributed by atoms with Gasteiger partial charge in [0.2, 0.25) is 0 Å². The number of hydrogen-bond acceptors (Lipinski definition) is 3. The molecule has 0 aromatic carbocycles. The Hall–Kier alpha value is -0.0800. The lowest BCUT2D eigenvalue weighted by molar-refractivity contribution is 0.191. The third kappa shape index (κ3) is 10.7. The Morgan fingerprint density at radius 3 is 2.38 bits per heavy atom. The fourth-order valence-electron chi connectivity index (χ4n) is 3.25. The van der Waals surface area contributed by atoms with E-state index < -0.39 is 0 Å². The van der Waals surface area contributed by atoms with Crippen molar-refractivity contribution >= 4 is 29.9 Å². The van der Waals surface area contributed by atoms with Gasteiger partial charge in [-0.05, 0) is 64.3 Å². The number of hydrogen-bond donors (Lipinski definition) is 2. The highest BCUT2D eigenvalue weighted by Crippen LogP contribution is 2.16. The average molecular weight is 453 g/mol. The number of rotatable bonds is 8. The lowest BCUT2D eigenvalue weighted by Gasteiger charge is -2.30. The quantitative estimate of drug-likeness (QED) is 0.257. The van der Waals surface area contributed by atoms with Gasteiger partial charge in [-0.2, -0.15) is 0 Å². The maximum Gasteiger partial charge on any atom is 0.190 e. The molecule has 1 aliphatic rings. The lowest BCUT2D eigenvalue weighted by Crippen LogP contribution is -2.45. The predicted molar refractivity (Wildman–Crippen MR) is 117 cm³/mol. The lowest BCUT2D eigenvalue weighted by atomic mass is 9.93. The van der Waals surface area contributed by atoms with E-state index in [9.17, 15) is 0 Å². The number of guanidine groups is 1. The van der Waals surface area contributed by atoms with Crippen molar-refractivity contribution in [3.8, 4) is 0 Å². The van der Waals surface area contributed by atoms with E-state index in [2.05, 4.69) is 60.3 Å². The summed E-state index contributed by atoms with van der Waals surface area (Å²) in [4.78, 5) is 9.16. The van der Waals surface area contributed by atoms with Gasteiger partial charge in [0.25, 0.3) is 0 Å². The summed E-state index contributed by atoms with van der Waals surface area (Å²) in [5.41, 5.74) is 0.228. The molecule has 0 spiro atoms. The summed E-state index contributed by atoms with van der Waals surface area (Å²) in [6.07, 6.45) is 3.89. The van der Waals surface area contributed by atoms with Crippen molar-refractivity contribution in [1.29, 1.82) is 0 Å². The van der Waals surface area contributed by atoms with Crippen LogP contribution in [0.3, 0.4) is 0 Å². The van der Waals surface area contributed by atoms with Crippen LogP contribution in [-0.4, -0.2) is 76.2 Å². The fourth-order valence-corrected chi connectivity index (χ4v) is 3.25. The Bertz CT molecular complexity index is 349. The van der Waals surface area contributed by atoms with Gasteiger partial charge in [0.05, 0.1) is 0 Å². The van der Waals surface area contributed by atoms with Gasteiger partial charge >= 0.3 is 0 Å². The van der Waals surface area contributed by atoms with Crippen LogP contribution < -0.4 is 10.6 Å². The summed E-state index contributed by atoms with van der Waals surface area (Å²) in [7, 11) is 6.09. The first-order valence-corrected chi connectivity index (χ1v) is 9.14. The van der Waals surface area contributed by atoms with Crippen LogP contribution in [0.25, 0.3) is 0 Å². The van der Waals surface area contributed by atoms with Gasteiger partial charge in [-0.1, -0.05) is 20.8 Å². The highest BCUT2D eigenvalue weighted by molar-refractivity contribution is 14.0. The van der Waals surface area contributed by atoms with Crippen LogP contribution in [0.4, 0.5) is 0 Å². The van der Waals surface area contributed by atoms with E-state index >= 15 is 0 Å². The molecule has 0 amide bonds. The molecule has 2 N–H and O–H groups in total. The normalized spacial score (nSPS) is 17.7. The molecule has 0 unspecified atom stereocenters. The molecule has 0 aromatic rings. The second-order valence-corrected chi connectivity index (χ2v) is 8.13. The number of nitrogens with zero attached hydrogens (tertiary/aromatic N) is 3. The zero-order valence-corrected chi connectivity index (χ0v) is 19.0. The van der Waals surface area contributed by atoms with Crippen molar-refractivity contribution in [2.24, 2.45) is 16.3 Å². The Morgan fingerprint density at radius 2 is 1.83 bits per heavy atom. The van der Waals surface area contributed by atoms with E-state index in [0.717, 1.165) is 31.5 Å². The number of nitrogens with one attached hydrogen (secondary N) is 2. The highest BCUT2D eigenvalue weighted by Gasteiger charge is 2.19. The monoisotopic (exact) mass is 453 g/mol. The van der Waals surface area contributed by atoms with Crippen molar-refractivity contribution in [3.63, 3.8) is 0 Å². The van der Waals surface area contributed by atoms with Crippen LogP contribution >= 0.6 is 24.0 Å². The molecule has 0 aromatic heterocycles. The maximum atomic E-state index is 4.33. The minimum atomic E-state index is 0. The summed E-state index contributed by atoms with van der Waals surface area (Å²) in [5.74, 6) is 1.84. The van der Waals surface area contributed by atoms with Crippen molar-refractivity contribution < 1.29 is 0 Å². The molecule has 1 saturated heterocycles. The summed E-state index contributed by atoms with van der Waals surface area (Å²) in [5, 5.41) is 6.90. The van der Waals surface area contributed by atoms with Crippen molar-refractivity contribution in [3.05, 3.63) is 0 Å². The Labute approximate surface area is 167 Å². The largest absolute Gasteiger partial charge is 0.356 e. The molecule has 6 heteroatoms. The second-order valence-electron chi connectivity index (χ2n) is 8.13. The van der Waals surface area contributed by atoms with Crippen molar-refractivity contribution in [2.75, 3.05) is 60.4 Å². The molecule has 1 heterocycles.